The summed E-state index contributed by atoms with van der Waals surface area (Å²) in [6, 6.07) is 7.74. The van der Waals surface area contributed by atoms with Crippen molar-refractivity contribution >= 4 is 17.2 Å². The van der Waals surface area contributed by atoms with Crippen LogP contribution in [0.4, 0.5) is 0 Å². The van der Waals surface area contributed by atoms with Gasteiger partial charge in [0.1, 0.15) is 23.4 Å². The molecule has 2 unspecified atom stereocenters. The van der Waals surface area contributed by atoms with Gasteiger partial charge in [0.15, 0.2) is 0 Å². The van der Waals surface area contributed by atoms with Crippen molar-refractivity contribution in [2.24, 2.45) is 5.73 Å². The number of nitrogens with two attached hydrogens (primary N) is 1. The number of likely N-dealkylation sites (N-methyl/N-ethyl adjacent to an activating group) is 1. The lowest BCUT2D eigenvalue weighted by Gasteiger charge is -2.29. The third kappa shape index (κ3) is 5.99. The third-order valence-electron chi connectivity index (χ3n) is 3.65. The second-order valence-corrected chi connectivity index (χ2v) is 5.64. The number of nitrogens with zero attached hydrogens (tertiary/aromatic N) is 1. The molecule has 118 valence electrons. The molecule has 4 nitrogen and oxygen atoms in total. The van der Waals surface area contributed by atoms with Gasteiger partial charge in [0.2, 0.25) is 0 Å². The number of aliphatic hydroxyl groups is 1. The maximum absolute atomic E-state index is 10.1. The predicted octanol–water partition coefficient (Wildman–Crippen LogP) is 2.18. The van der Waals surface area contributed by atoms with Crippen molar-refractivity contribution in [1.82, 2.24) is 4.90 Å². The molecule has 1 aromatic rings. The molecular weight excluding hydrogens is 284 g/mol. The molecule has 0 aliphatic rings. The van der Waals surface area contributed by atoms with E-state index in [0.29, 0.717) is 23.3 Å². The number of hydrogen-bond donors (Lipinski definition) is 2. The lowest BCUT2D eigenvalue weighted by atomic mass is 10.2. The van der Waals surface area contributed by atoms with E-state index in [1.165, 1.54) is 0 Å². The molecule has 0 aliphatic heterocycles. The minimum absolute atomic E-state index is 0.277. The Labute approximate surface area is 132 Å². The first-order chi connectivity index (χ1) is 9.97. The Bertz CT molecular complexity index is 436. The van der Waals surface area contributed by atoms with Crippen LogP contribution in [0.5, 0.6) is 5.75 Å². The van der Waals surface area contributed by atoms with Crippen LogP contribution >= 0.6 is 12.2 Å². The average molecular weight is 310 g/mol. The highest BCUT2D eigenvalue weighted by molar-refractivity contribution is 7.80. The molecule has 0 saturated carbocycles. The van der Waals surface area contributed by atoms with Crippen LogP contribution < -0.4 is 10.5 Å². The number of hydrogen-bond acceptors (Lipinski definition) is 4. The first-order valence-corrected chi connectivity index (χ1v) is 7.83. The number of aliphatic hydroxyl groups excluding tert-OH is 1. The van der Waals surface area contributed by atoms with Gasteiger partial charge in [-0.1, -0.05) is 26.1 Å². The summed E-state index contributed by atoms with van der Waals surface area (Å²) in [5, 5.41) is 10.1. The quantitative estimate of drug-likeness (QED) is 0.685. The van der Waals surface area contributed by atoms with Crippen molar-refractivity contribution in [3.05, 3.63) is 29.8 Å². The molecule has 0 aliphatic carbocycles. The van der Waals surface area contributed by atoms with Crippen LogP contribution in [0.2, 0.25) is 0 Å². The smallest absolute Gasteiger partial charge is 0.119 e. The van der Waals surface area contributed by atoms with Gasteiger partial charge in [-0.05, 0) is 44.2 Å². The standard InChI is InChI=1S/C16H26N2O2S/c1-4-12(3)18(5-2)10-14(19)11-20-15-8-6-13(7-9-15)16(17)21/h6-9,12,14,19H,4-5,10-11H2,1-3H3,(H2,17,21). The maximum Gasteiger partial charge on any atom is 0.119 e. The zero-order valence-corrected chi connectivity index (χ0v) is 13.9. The summed E-state index contributed by atoms with van der Waals surface area (Å²) < 4.78 is 5.60. The van der Waals surface area contributed by atoms with Crippen LogP contribution in [0, 0.1) is 0 Å². The first-order valence-electron chi connectivity index (χ1n) is 7.42. The van der Waals surface area contributed by atoms with Crippen molar-refractivity contribution in [2.75, 3.05) is 19.7 Å². The largest absolute Gasteiger partial charge is 0.491 e. The van der Waals surface area contributed by atoms with E-state index in [0.717, 1.165) is 18.5 Å². The van der Waals surface area contributed by atoms with Gasteiger partial charge in [0, 0.05) is 18.2 Å². The van der Waals surface area contributed by atoms with E-state index in [1.54, 1.807) is 0 Å². The summed E-state index contributed by atoms with van der Waals surface area (Å²) in [5.74, 6) is 0.709. The Kier molecular flexibility index (Phi) is 7.64. The van der Waals surface area contributed by atoms with E-state index in [-0.39, 0.29) is 6.61 Å². The molecular formula is C16H26N2O2S. The van der Waals surface area contributed by atoms with Gasteiger partial charge < -0.3 is 15.6 Å². The number of thiocarbonyl (C=S) groups is 1. The summed E-state index contributed by atoms with van der Waals surface area (Å²) in [4.78, 5) is 2.62. The van der Waals surface area contributed by atoms with Gasteiger partial charge in [-0.15, -0.1) is 0 Å². The zero-order chi connectivity index (χ0) is 15.8. The molecule has 5 heteroatoms. The maximum atomic E-state index is 10.1. The molecule has 0 spiro atoms. The predicted molar refractivity (Wildman–Crippen MR) is 90.8 cm³/mol. The number of rotatable bonds is 9. The monoisotopic (exact) mass is 310 g/mol. The Morgan fingerprint density at radius 2 is 1.95 bits per heavy atom. The lowest BCUT2D eigenvalue weighted by molar-refractivity contribution is 0.0563. The fourth-order valence-electron chi connectivity index (χ4n) is 2.11. The van der Waals surface area contributed by atoms with Gasteiger partial charge in [-0.2, -0.15) is 0 Å². The molecule has 2 atom stereocenters. The van der Waals surface area contributed by atoms with E-state index in [9.17, 15) is 5.11 Å². The molecule has 0 fully saturated rings. The second kappa shape index (κ2) is 8.97. The van der Waals surface area contributed by atoms with E-state index in [1.807, 2.05) is 24.3 Å². The summed E-state index contributed by atoms with van der Waals surface area (Å²) in [5.41, 5.74) is 6.35. The molecule has 0 heterocycles. The van der Waals surface area contributed by atoms with Crippen LogP contribution in [0.25, 0.3) is 0 Å². The molecule has 21 heavy (non-hydrogen) atoms. The Morgan fingerprint density at radius 1 is 1.33 bits per heavy atom. The Hall–Kier alpha value is -1.17. The minimum atomic E-state index is -0.505. The zero-order valence-electron chi connectivity index (χ0n) is 13.1. The van der Waals surface area contributed by atoms with Crippen molar-refractivity contribution in [3.63, 3.8) is 0 Å². The van der Waals surface area contributed by atoms with Gasteiger partial charge in [0.25, 0.3) is 0 Å². The summed E-state index contributed by atoms with van der Waals surface area (Å²) in [6.45, 7) is 8.25. The summed E-state index contributed by atoms with van der Waals surface area (Å²) in [7, 11) is 0. The number of ether oxygens (including phenoxy) is 1. The van der Waals surface area contributed by atoms with E-state index < -0.39 is 6.10 Å². The molecule has 0 saturated heterocycles. The molecule has 0 aromatic heterocycles. The third-order valence-corrected chi connectivity index (χ3v) is 3.88. The highest BCUT2D eigenvalue weighted by atomic mass is 32.1. The van der Waals surface area contributed by atoms with Gasteiger partial charge in [0.05, 0.1) is 0 Å². The molecule has 1 rings (SSSR count). The summed E-state index contributed by atoms with van der Waals surface area (Å²) in [6.07, 6.45) is 0.566. The van der Waals surface area contributed by atoms with E-state index in [4.69, 9.17) is 22.7 Å². The SMILES string of the molecule is CCC(C)N(CC)CC(O)COc1ccc(C(N)=S)cc1. The van der Waals surface area contributed by atoms with Crippen LogP contribution in [-0.2, 0) is 0 Å². The minimum Gasteiger partial charge on any atom is -0.491 e. The van der Waals surface area contributed by atoms with Gasteiger partial charge in [-0.25, -0.2) is 0 Å². The van der Waals surface area contributed by atoms with Crippen LogP contribution in [0.15, 0.2) is 24.3 Å². The fourth-order valence-corrected chi connectivity index (χ4v) is 2.25. The first kappa shape index (κ1) is 17.9. The lowest BCUT2D eigenvalue weighted by Crippen LogP contribution is -2.40. The molecule has 0 bridgehead atoms. The van der Waals surface area contributed by atoms with Crippen molar-refractivity contribution in [3.8, 4) is 5.75 Å². The second-order valence-electron chi connectivity index (χ2n) is 5.20. The van der Waals surface area contributed by atoms with Crippen molar-refractivity contribution in [2.45, 2.75) is 39.3 Å². The highest BCUT2D eigenvalue weighted by Crippen LogP contribution is 2.13. The van der Waals surface area contributed by atoms with Crippen molar-refractivity contribution in [1.29, 1.82) is 0 Å². The average Bonchev–Trinajstić information content (AvgIpc) is 2.50. The van der Waals surface area contributed by atoms with Crippen LogP contribution in [0.3, 0.4) is 0 Å². The van der Waals surface area contributed by atoms with Gasteiger partial charge in [-0.3, -0.25) is 4.90 Å². The molecule has 3 N–H and O–H groups in total. The van der Waals surface area contributed by atoms with E-state index in [2.05, 4.69) is 25.7 Å². The van der Waals surface area contributed by atoms with E-state index >= 15 is 0 Å². The molecule has 1 aromatic carbocycles. The highest BCUT2D eigenvalue weighted by Gasteiger charge is 2.15. The summed E-state index contributed by atoms with van der Waals surface area (Å²) >= 11 is 4.90. The topological polar surface area (TPSA) is 58.7 Å². The fraction of sp³-hybridized carbons (Fsp3) is 0.562. The Balaban J connectivity index is 2.45. The Morgan fingerprint density at radius 3 is 2.43 bits per heavy atom. The van der Waals surface area contributed by atoms with Gasteiger partial charge >= 0.3 is 0 Å². The molecule has 0 amide bonds. The van der Waals surface area contributed by atoms with Crippen LogP contribution in [-0.4, -0.2) is 46.8 Å². The number of benzene rings is 1. The molecule has 0 radical (unpaired) electrons. The normalized spacial score (nSPS) is 14.0. The van der Waals surface area contributed by atoms with Crippen molar-refractivity contribution < 1.29 is 9.84 Å². The van der Waals surface area contributed by atoms with Crippen LogP contribution in [0.1, 0.15) is 32.8 Å².